The predicted molar refractivity (Wildman–Crippen MR) is 62.3 cm³/mol. The van der Waals surface area contributed by atoms with Crippen molar-refractivity contribution in [1.82, 2.24) is 0 Å². The van der Waals surface area contributed by atoms with Crippen LogP contribution in [0.3, 0.4) is 0 Å². The van der Waals surface area contributed by atoms with E-state index >= 15 is 0 Å². The maximum Gasteiger partial charge on any atom is 0.414 e. The maximum atomic E-state index is 12.2. The van der Waals surface area contributed by atoms with Gasteiger partial charge in [-0.3, -0.25) is 0 Å². The lowest BCUT2D eigenvalue weighted by Gasteiger charge is -2.17. The summed E-state index contributed by atoms with van der Waals surface area (Å²) in [6.07, 6.45) is -6.10. The zero-order valence-electron chi connectivity index (χ0n) is 9.22. The van der Waals surface area contributed by atoms with E-state index in [9.17, 15) is 13.2 Å². The molecule has 0 spiro atoms. The summed E-state index contributed by atoms with van der Waals surface area (Å²) in [5.74, 6) is 0. The summed E-state index contributed by atoms with van der Waals surface area (Å²) in [5, 5.41) is 0. The summed E-state index contributed by atoms with van der Waals surface area (Å²) >= 11 is 3.27. The molecule has 1 rings (SSSR count). The van der Waals surface area contributed by atoms with Gasteiger partial charge in [0.25, 0.3) is 0 Å². The lowest BCUT2D eigenvalue weighted by atomic mass is 10.1. The highest BCUT2D eigenvalue weighted by molar-refractivity contribution is 9.10. The second kappa shape index (κ2) is 5.84. The van der Waals surface area contributed by atoms with Crippen molar-refractivity contribution >= 4 is 15.9 Å². The van der Waals surface area contributed by atoms with Crippen LogP contribution in [0.4, 0.5) is 13.2 Å². The number of alkyl halides is 3. The first-order chi connectivity index (χ1) is 7.84. The van der Waals surface area contributed by atoms with E-state index in [1.807, 2.05) is 0 Å². The molecule has 1 unspecified atom stereocenters. The molecule has 0 radical (unpaired) electrons. The van der Waals surface area contributed by atoms with Gasteiger partial charge in [0.1, 0.15) is 0 Å². The molecule has 2 nitrogen and oxygen atoms in total. The first-order valence-corrected chi connectivity index (χ1v) is 5.79. The minimum atomic E-state index is -4.33. The molecule has 0 saturated heterocycles. The topological polar surface area (TPSA) is 35.2 Å². The standard InChI is InChI=1S/C11H13BrF3NO/c1-7(11(13,14)15)17-6-9-3-2-8(5-16)4-10(9)12/h2-4,7H,5-6,16H2,1H3. The van der Waals surface area contributed by atoms with Crippen molar-refractivity contribution in [2.75, 3.05) is 0 Å². The molecule has 0 aliphatic heterocycles. The van der Waals surface area contributed by atoms with Gasteiger partial charge in [-0.25, -0.2) is 0 Å². The Bertz CT molecular complexity index is 381. The minimum absolute atomic E-state index is 0.0912. The third-order valence-electron chi connectivity index (χ3n) is 2.30. The Morgan fingerprint density at radius 3 is 2.53 bits per heavy atom. The third-order valence-corrected chi connectivity index (χ3v) is 3.04. The molecule has 2 N–H and O–H groups in total. The van der Waals surface area contributed by atoms with Crippen LogP contribution in [0.15, 0.2) is 22.7 Å². The Labute approximate surface area is 106 Å². The molecular formula is C11H13BrF3NO. The van der Waals surface area contributed by atoms with E-state index in [0.717, 1.165) is 12.5 Å². The summed E-state index contributed by atoms with van der Waals surface area (Å²) in [6.45, 7) is 1.28. The second-order valence-corrected chi connectivity index (χ2v) is 4.48. The number of halogens is 4. The van der Waals surface area contributed by atoms with Gasteiger partial charge < -0.3 is 10.5 Å². The van der Waals surface area contributed by atoms with Gasteiger partial charge in [0.2, 0.25) is 0 Å². The van der Waals surface area contributed by atoms with Crippen molar-refractivity contribution in [3.8, 4) is 0 Å². The molecule has 0 aliphatic rings. The van der Waals surface area contributed by atoms with Crippen molar-refractivity contribution < 1.29 is 17.9 Å². The summed E-state index contributed by atoms with van der Waals surface area (Å²) in [6, 6.07) is 5.24. The number of ether oxygens (including phenoxy) is 1. The lowest BCUT2D eigenvalue weighted by molar-refractivity contribution is -0.217. The highest BCUT2D eigenvalue weighted by atomic mass is 79.9. The lowest BCUT2D eigenvalue weighted by Crippen LogP contribution is -2.28. The predicted octanol–water partition coefficient (Wildman–Crippen LogP) is 3.38. The van der Waals surface area contributed by atoms with E-state index in [4.69, 9.17) is 10.5 Å². The average molecular weight is 312 g/mol. The fraction of sp³-hybridized carbons (Fsp3) is 0.455. The van der Waals surface area contributed by atoms with Crippen molar-refractivity contribution in [2.24, 2.45) is 5.73 Å². The molecule has 0 bridgehead atoms. The number of hydrogen-bond acceptors (Lipinski definition) is 2. The van der Waals surface area contributed by atoms with Crippen LogP contribution in [-0.2, 0) is 17.9 Å². The number of rotatable bonds is 4. The number of benzene rings is 1. The van der Waals surface area contributed by atoms with E-state index in [1.165, 1.54) is 0 Å². The molecule has 0 saturated carbocycles. The van der Waals surface area contributed by atoms with Gasteiger partial charge in [0.15, 0.2) is 6.10 Å². The first kappa shape index (κ1) is 14.5. The first-order valence-electron chi connectivity index (χ1n) is 5.00. The monoisotopic (exact) mass is 311 g/mol. The second-order valence-electron chi connectivity index (χ2n) is 3.62. The van der Waals surface area contributed by atoms with Crippen LogP contribution in [0.5, 0.6) is 0 Å². The SMILES string of the molecule is CC(OCc1ccc(CN)cc1Br)C(F)(F)F. The van der Waals surface area contributed by atoms with E-state index < -0.39 is 12.3 Å². The van der Waals surface area contributed by atoms with Gasteiger partial charge in [-0.15, -0.1) is 0 Å². The highest BCUT2D eigenvalue weighted by Crippen LogP contribution is 2.25. The molecule has 0 aromatic heterocycles. The van der Waals surface area contributed by atoms with Gasteiger partial charge in [-0.1, -0.05) is 28.1 Å². The van der Waals surface area contributed by atoms with Crippen LogP contribution in [0.1, 0.15) is 18.1 Å². The van der Waals surface area contributed by atoms with Crippen molar-refractivity contribution in [3.05, 3.63) is 33.8 Å². The molecule has 0 fully saturated rings. The largest absolute Gasteiger partial charge is 0.414 e. The summed E-state index contributed by atoms with van der Waals surface area (Å²) < 4.78 is 42.1. The van der Waals surface area contributed by atoms with Gasteiger partial charge in [-0.05, 0) is 24.1 Å². The number of nitrogens with two attached hydrogens (primary N) is 1. The van der Waals surface area contributed by atoms with Gasteiger partial charge in [0.05, 0.1) is 6.61 Å². The Balaban J connectivity index is 2.64. The normalized spacial score (nSPS) is 13.8. The molecular weight excluding hydrogens is 299 g/mol. The van der Waals surface area contributed by atoms with Crippen molar-refractivity contribution in [3.63, 3.8) is 0 Å². The van der Waals surface area contributed by atoms with Crippen molar-refractivity contribution in [1.29, 1.82) is 0 Å². The van der Waals surface area contributed by atoms with E-state index in [2.05, 4.69) is 15.9 Å². The van der Waals surface area contributed by atoms with Crippen LogP contribution in [0.25, 0.3) is 0 Å². The Kier molecular flexibility index (Phi) is 4.97. The molecule has 0 heterocycles. The molecule has 17 heavy (non-hydrogen) atoms. The van der Waals surface area contributed by atoms with Gasteiger partial charge in [0, 0.05) is 11.0 Å². The zero-order chi connectivity index (χ0) is 13.1. The maximum absolute atomic E-state index is 12.2. The molecule has 0 aliphatic carbocycles. The van der Waals surface area contributed by atoms with Crippen LogP contribution in [0, 0.1) is 0 Å². The third kappa shape index (κ3) is 4.29. The zero-order valence-corrected chi connectivity index (χ0v) is 10.8. The molecule has 6 heteroatoms. The Hall–Kier alpha value is -0.590. The van der Waals surface area contributed by atoms with E-state index in [0.29, 0.717) is 16.6 Å². The molecule has 0 amide bonds. The molecule has 1 aromatic rings. The van der Waals surface area contributed by atoms with Crippen LogP contribution >= 0.6 is 15.9 Å². The minimum Gasteiger partial charge on any atom is -0.364 e. The average Bonchev–Trinajstić information content (AvgIpc) is 2.25. The summed E-state index contributed by atoms with van der Waals surface area (Å²) in [7, 11) is 0. The quantitative estimate of drug-likeness (QED) is 0.925. The fourth-order valence-electron chi connectivity index (χ4n) is 1.14. The highest BCUT2D eigenvalue weighted by Gasteiger charge is 2.36. The summed E-state index contributed by atoms with van der Waals surface area (Å²) in [5.41, 5.74) is 7.02. The van der Waals surface area contributed by atoms with Crippen LogP contribution in [-0.4, -0.2) is 12.3 Å². The Morgan fingerprint density at radius 1 is 1.41 bits per heavy atom. The van der Waals surface area contributed by atoms with E-state index in [-0.39, 0.29) is 6.61 Å². The summed E-state index contributed by atoms with van der Waals surface area (Å²) in [4.78, 5) is 0. The smallest absolute Gasteiger partial charge is 0.364 e. The van der Waals surface area contributed by atoms with Crippen molar-refractivity contribution in [2.45, 2.75) is 32.4 Å². The molecule has 96 valence electrons. The van der Waals surface area contributed by atoms with E-state index in [1.54, 1.807) is 18.2 Å². The van der Waals surface area contributed by atoms with Crippen LogP contribution in [0.2, 0.25) is 0 Å². The van der Waals surface area contributed by atoms with Gasteiger partial charge >= 0.3 is 6.18 Å². The van der Waals surface area contributed by atoms with Crippen LogP contribution < -0.4 is 5.73 Å². The Morgan fingerprint density at radius 2 is 2.06 bits per heavy atom. The molecule has 1 aromatic carbocycles. The van der Waals surface area contributed by atoms with Gasteiger partial charge in [-0.2, -0.15) is 13.2 Å². The number of hydrogen-bond donors (Lipinski definition) is 1. The fourth-order valence-corrected chi connectivity index (χ4v) is 1.68. The molecule has 1 atom stereocenters.